The number of nitrogens with one attached hydrogen (secondary N) is 1. The molecule has 8 nitrogen and oxygen atoms in total. The van der Waals surface area contributed by atoms with E-state index in [1.807, 2.05) is 19.2 Å². The number of hydrogen-bond acceptors (Lipinski definition) is 6. The summed E-state index contributed by atoms with van der Waals surface area (Å²) < 4.78 is 1.69. The van der Waals surface area contributed by atoms with Crippen molar-refractivity contribution >= 4 is 23.4 Å². The number of amides is 1. The van der Waals surface area contributed by atoms with E-state index in [2.05, 4.69) is 26.5 Å². The lowest BCUT2D eigenvalue weighted by Gasteiger charge is -2.16. The first-order valence-corrected chi connectivity index (χ1v) is 8.50. The summed E-state index contributed by atoms with van der Waals surface area (Å²) >= 11 is 0. The zero-order valence-corrected chi connectivity index (χ0v) is 15.0. The first kappa shape index (κ1) is 16.7. The molecule has 0 spiro atoms. The third kappa shape index (κ3) is 3.00. The summed E-state index contributed by atoms with van der Waals surface area (Å²) in [4.78, 5) is 22.3. The molecule has 1 aromatic carbocycles. The molecule has 3 heterocycles. The minimum atomic E-state index is -0.0531. The van der Waals surface area contributed by atoms with E-state index in [9.17, 15) is 10.1 Å². The van der Waals surface area contributed by atoms with Crippen LogP contribution in [0.15, 0.2) is 36.7 Å². The average Bonchev–Trinajstić information content (AvgIpc) is 3.27. The van der Waals surface area contributed by atoms with Crippen LogP contribution in [0, 0.1) is 11.3 Å². The molecule has 1 aliphatic heterocycles. The van der Waals surface area contributed by atoms with Gasteiger partial charge in [0.1, 0.15) is 11.9 Å². The fourth-order valence-electron chi connectivity index (χ4n) is 3.29. The van der Waals surface area contributed by atoms with E-state index >= 15 is 0 Å². The lowest BCUT2D eigenvalue weighted by Crippen LogP contribution is -2.26. The highest BCUT2D eigenvalue weighted by Gasteiger charge is 2.26. The van der Waals surface area contributed by atoms with Crippen LogP contribution in [0.1, 0.15) is 18.1 Å². The van der Waals surface area contributed by atoms with Crippen molar-refractivity contribution in [3.05, 3.63) is 47.8 Å². The average molecular weight is 359 g/mol. The zero-order valence-electron chi connectivity index (χ0n) is 15.0. The summed E-state index contributed by atoms with van der Waals surface area (Å²) in [6.07, 6.45) is 4.08. The summed E-state index contributed by atoms with van der Waals surface area (Å²) in [5.41, 5.74) is 3.71. The number of carbonyl (C=O) groups is 1. The van der Waals surface area contributed by atoms with Crippen LogP contribution in [0.2, 0.25) is 0 Å². The maximum absolute atomic E-state index is 11.8. The summed E-state index contributed by atoms with van der Waals surface area (Å²) in [6.45, 7) is 2.12. The van der Waals surface area contributed by atoms with E-state index in [4.69, 9.17) is 0 Å². The van der Waals surface area contributed by atoms with Gasteiger partial charge in [0.05, 0.1) is 23.1 Å². The van der Waals surface area contributed by atoms with Gasteiger partial charge in [0.2, 0.25) is 11.9 Å². The Balaban J connectivity index is 1.73. The van der Waals surface area contributed by atoms with Gasteiger partial charge in [-0.3, -0.25) is 9.48 Å². The van der Waals surface area contributed by atoms with Gasteiger partial charge in [-0.05, 0) is 30.2 Å². The Morgan fingerprint density at radius 3 is 2.85 bits per heavy atom. The van der Waals surface area contributed by atoms with Crippen LogP contribution in [0.25, 0.3) is 11.3 Å². The molecule has 8 heteroatoms. The number of hydrogen-bond donors (Lipinski definition) is 1. The topological polar surface area (TPSA) is 99.7 Å². The molecule has 2 aromatic heterocycles. The molecule has 3 aromatic rings. The molecule has 1 aliphatic rings. The fraction of sp³-hybridized carbons (Fsp3) is 0.211. The third-order valence-corrected chi connectivity index (χ3v) is 4.58. The van der Waals surface area contributed by atoms with Gasteiger partial charge < -0.3 is 10.2 Å². The van der Waals surface area contributed by atoms with Crippen molar-refractivity contribution in [3.8, 4) is 17.3 Å². The maximum atomic E-state index is 11.8. The number of aromatic nitrogens is 4. The van der Waals surface area contributed by atoms with Gasteiger partial charge in [-0.2, -0.15) is 10.4 Å². The number of fused-ring (bicyclic) bond motifs is 1. The van der Waals surface area contributed by atoms with Gasteiger partial charge >= 0.3 is 0 Å². The first-order valence-electron chi connectivity index (χ1n) is 8.50. The summed E-state index contributed by atoms with van der Waals surface area (Å²) in [7, 11) is 1.83. The summed E-state index contributed by atoms with van der Waals surface area (Å²) in [5, 5.41) is 16.8. The van der Waals surface area contributed by atoms with Crippen molar-refractivity contribution in [1.82, 2.24) is 19.7 Å². The molecule has 0 unspecified atom stereocenters. The van der Waals surface area contributed by atoms with Crippen LogP contribution in [0.5, 0.6) is 0 Å². The number of carbonyl (C=O) groups excluding carboxylic acids is 1. The van der Waals surface area contributed by atoms with Gasteiger partial charge in [-0.15, -0.1) is 0 Å². The highest BCUT2D eigenvalue weighted by Crippen LogP contribution is 2.35. The molecule has 0 atom stereocenters. The Hall–Kier alpha value is -3.73. The number of aryl methyl sites for hydroxylation is 1. The number of nitrogens with zero attached hydrogens (tertiary/aromatic N) is 6. The van der Waals surface area contributed by atoms with Crippen LogP contribution in [0.3, 0.4) is 0 Å². The Kier molecular flexibility index (Phi) is 4.05. The zero-order chi connectivity index (χ0) is 19.0. The van der Waals surface area contributed by atoms with E-state index in [0.29, 0.717) is 23.8 Å². The van der Waals surface area contributed by atoms with Gasteiger partial charge in [-0.25, -0.2) is 9.97 Å². The smallest absolute Gasteiger partial charge is 0.228 e. The van der Waals surface area contributed by atoms with Crippen LogP contribution in [-0.4, -0.2) is 32.2 Å². The van der Waals surface area contributed by atoms with Crippen molar-refractivity contribution in [3.63, 3.8) is 0 Å². The quantitative estimate of drug-likeness (QED) is 0.771. The standard InChI is InChI=1S/C19H17N7O/c1-12(27)26-8-5-13-9-14(10-15(11-20)18(13)26)16-3-6-21-19(23-16)24-17-4-7-22-25(17)2/h3-4,6-7,9-10H,5,8H2,1-2H3,(H,21,23,24). The van der Waals surface area contributed by atoms with E-state index < -0.39 is 0 Å². The Labute approximate surface area is 156 Å². The Morgan fingerprint density at radius 2 is 2.15 bits per heavy atom. The van der Waals surface area contributed by atoms with Crippen LogP contribution in [-0.2, 0) is 18.3 Å². The van der Waals surface area contributed by atoms with Gasteiger partial charge in [0.15, 0.2) is 0 Å². The molecular weight excluding hydrogens is 342 g/mol. The van der Waals surface area contributed by atoms with E-state index in [1.165, 1.54) is 6.92 Å². The summed E-state index contributed by atoms with van der Waals surface area (Å²) in [6, 6.07) is 9.62. The second kappa shape index (κ2) is 6.53. The van der Waals surface area contributed by atoms with E-state index in [0.717, 1.165) is 29.1 Å². The van der Waals surface area contributed by atoms with Crippen molar-refractivity contribution in [1.29, 1.82) is 5.26 Å². The van der Waals surface area contributed by atoms with Crippen molar-refractivity contribution in [2.24, 2.45) is 7.05 Å². The maximum Gasteiger partial charge on any atom is 0.228 e. The molecular formula is C19H17N7O. The largest absolute Gasteiger partial charge is 0.311 e. The van der Waals surface area contributed by atoms with Crippen molar-refractivity contribution in [2.45, 2.75) is 13.3 Å². The normalized spacial score (nSPS) is 12.6. The first-order chi connectivity index (χ1) is 13.1. The number of benzene rings is 1. The van der Waals surface area contributed by atoms with Crippen molar-refractivity contribution in [2.75, 3.05) is 16.8 Å². The molecule has 0 bridgehead atoms. The molecule has 1 N–H and O–H groups in total. The second-order valence-corrected chi connectivity index (χ2v) is 6.29. The monoisotopic (exact) mass is 359 g/mol. The Bertz CT molecular complexity index is 1080. The van der Waals surface area contributed by atoms with Crippen molar-refractivity contribution < 1.29 is 4.79 Å². The molecule has 0 saturated carbocycles. The minimum Gasteiger partial charge on any atom is -0.311 e. The van der Waals surface area contributed by atoms with E-state index in [1.54, 1.807) is 34.1 Å². The van der Waals surface area contributed by atoms with Gasteiger partial charge in [0.25, 0.3) is 0 Å². The number of anilines is 3. The SMILES string of the molecule is CC(=O)N1CCc2cc(-c3ccnc(Nc4ccnn4C)n3)cc(C#N)c21. The molecule has 134 valence electrons. The molecule has 0 fully saturated rings. The summed E-state index contributed by atoms with van der Waals surface area (Å²) in [5.74, 6) is 1.17. The molecule has 1 amide bonds. The van der Waals surface area contributed by atoms with E-state index in [-0.39, 0.29) is 5.91 Å². The van der Waals surface area contributed by atoms with Crippen LogP contribution >= 0.6 is 0 Å². The molecule has 0 radical (unpaired) electrons. The molecule has 27 heavy (non-hydrogen) atoms. The predicted octanol–water partition coefficient (Wildman–Crippen LogP) is 2.40. The highest BCUT2D eigenvalue weighted by molar-refractivity contribution is 5.96. The fourth-order valence-corrected chi connectivity index (χ4v) is 3.29. The lowest BCUT2D eigenvalue weighted by atomic mass is 10.0. The molecule has 0 saturated heterocycles. The van der Waals surface area contributed by atoms with Crippen LogP contribution in [0.4, 0.5) is 17.5 Å². The van der Waals surface area contributed by atoms with Gasteiger partial charge in [0, 0.05) is 38.3 Å². The molecule has 0 aliphatic carbocycles. The number of nitriles is 1. The third-order valence-electron chi connectivity index (χ3n) is 4.58. The molecule has 4 rings (SSSR count). The highest BCUT2D eigenvalue weighted by atomic mass is 16.2. The minimum absolute atomic E-state index is 0.0531. The van der Waals surface area contributed by atoms with Crippen LogP contribution < -0.4 is 10.2 Å². The lowest BCUT2D eigenvalue weighted by molar-refractivity contribution is -0.116. The predicted molar refractivity (Wildman–Crippen MR) is 100 cm³/mol. The Morgan fingerprint density at radius 1 is 1.30 bits per heavy atom. The number of rotatable bonds is 3. The second-order valence-electron chi connectivity index (χ2n) is 6.29. The van der Waals surface area contributed by atoms with Gasteiger partial charge in [-0.1, -0.05) is 0 Å².